The van der Waals surface area contributed by atoms with E-state index in [1.165, 1.54) is 15.6 Å². The van der Waals surface area contributed by atoms with Gasteiger partial charge in [-0.05, 0) is 20.8 Å². The molecule has 2 heterocycles. The molecule has 0 spiro atoms. The van der Waals surface area contributed by atoms with Crippen molar-refractivity contribution in [3.05, 3.63) is 33.4 Å². The number of nitrogens with one attached hydrogen (secondary N) is 1. The molecule has 0 saturated heterocycles. The lowest BCUT2D eigenvalue weighted by atomic mass is 10.1. The maximum Gasteiger partial charge on any atom is 0.312 e. The summed E-state index contributed by atoms with van der Waals surface area (Å²) in [6.07, 6.45) is 1.53. The SMILES string of the molecule is CCn1cc(NC(=O)C(C)Cn2nc(C)c([N+](=O)[O-])c2C)c(C(N)=O)n1. The minimum Gasteiger partial charge on any atom is -0.364 e. The fourth-order valence-corrected chi connectivity index (χ4v) is 2.58. The van der Waals surface area contributed by atoms with Crippen molar-refractivity contribution in [1.82, 2.24) is 19.6 Å². The topological polar surface area (TPSA) is 151 Å². The van der Waals surface area contributed by atoms with Crippen LogP contribution < -0.4 is 11.1 Å². The highest BCUT2D eigenvalue weighted by Crippen LogP contribution is 2.23. The summed E-state index contributed by atoms with van der Waals surface area (Å²) in [6.45, 7) is 7.29. The van der Waals surface area contributed by atoms with E-state index in [1.807, 2.05) is 6.92 Å². The van der Waals surface area contributed by atoms with Crippen molar-refractivity contribution in [1.29, 1.82) is 0 Å². The molecule has 11 heteroatoms. The van der Waals surface area contributed by atoms with Crippen molar-refractivity contribution in [2.75, 3.05) is 5.32 Å². The molecule has 2 amide bonds. The molecule has 2 rings (SSSR count). The minimum atomic E-state index is -0.741. The molecule has 0 aliphatic rings. The van der Waals surface area contributed by atoms with Gasteiger partial charge in [0, 0.05) is 12.7 Å². The van der Waals surface area contributed by atoms with Gasteiger partial charge in [-0.1, -0.05) is 6.92 Å². The molecule has 140 valence electrons. The highest BCUT2D eigenvalue weighted by Gasteiger charge is 2.25. The van der Waals surface area contributed by atoms with Gasteiger partial charge in [-0.2, -0.15) is 10.2 Å². The van der Waals surface area contributed by atoms with E-state index in [9.17, 15) is 19.7 Å². The molecule has 0 aromatic carbocycles. The van der Waals surface area contributed by atoms with Crippen LogP contribution in [0.2, 0.25) is 0 Å². The van der Waals surface area contributed by atoms with E-state index in [1.54, 1.807) is 20.8 Å². The van der Waals surface area contributed by atoms with Crippen molar-refractivity contribution in [3.63, 3.8) is 0 Å². The summed E-state index contributed by atoms with van der Waals surface area (Å²) in [5.74, 6) is -1.68. The number of rotatable bonds is 7. The van der Waals surface area contributed by atoms with E-state index in [0.29, 0.717) is 17.9 Å². The van der Waals surface area contributed by atoms with Gasteiger partial charge in [-0.25, -0.2) is 0 Å². The fourth-order valence-electron chi connectivity index (χ4n) is 2.58. The number of nitrogens with zero attached hydrogens (tertiary/aromatic N) is 5. The highest BCUT2D eigenvalue weighted by atomic mass is 16.6. The smallest absolute Gasteiger partial charge is 0.312 e. The zero-order chi connectivity index (χ0) is 19.6. The summed E-state index contributed by atoms with van der Waals surface area (Å²) in [6, 6.07) is 0. The predicted octanol–water partition coefficient (Wildman–Crippen LogP) is 0.998. The van der Waals surface area contributed by atoms with E-state index < -0.39 is 16.7 Å². The van der Waals surface area contributed by atoms with Crippen molar-refractivity contribution in [2.45, 2.75) is 40.8 Å². The van der Waals surface area contributed by atoms with Crippen LogP contribution in [0.5, 0.6) is 0 Å². The summed E-state index contributed by atoms with van der Waals surface area (Å²) in [7, 11) is 0. The van der Waals surface area contributed by atoms with Crippen molar-refractivity contribution < 1.29 is 14.5 Å². The summed E-state index contributed by atoms with van der Waals surface area (Å²) < 4.78 is 2.92. The Hall–Kier alpha value is -3.24. The molecular weight excluding hydrogens is 342 g/mol. The van der Waals surface area contributed by atoms with E-state index in [0.717, 1.165) is 0 Å². The average Bonchev–Trinajstić information content (AvgIpc) is 3.08. The third kappa shape index (κ3) is 3.71. The van der Waals surface area contributed by atoms with Gasteiger partial charge in [0.15, 0.2) is 5.69 Å². The first-order chi connectivity index (χ1) is 12.1. The van der Waals surface area contributed by atoms with Crippen LogP contribution in [0, 0.1) is 29.9 Å². The number of hydrogen-bond donors (Lipinski definition) is 2. The van der Waals surface area contributed by atoms with Crippen LogP contribution >= 0.6 is 0 Å². The van der Waals surface area contributed by atoms with Gasteiger partial charge in [0.2, 0.25) is 5.91 Å². The minimum absolute atomic E-state index is 0.0193. The number of primary amides is 1. The fraction of sp³-hybridized carbons (Fsp3) is 0.467. The molecule has 0 aliphatic carbocycles. The molecule has 0 aliphatic heterocycles. The summed E-state index contributed by atoms with van der Waals surface area (Å²) in [5, 5.41) is 21.8. The second-order valence-electron chi connectivity index (χ2n) is 5.96. The van der Waals surface area contributed by atoms with E-state index >= 15 is 0 Å². The molecular formula is C15H21N7O4. The first-order valence-corrected chi connectivity index (χ1v) is 8.02. The van der Waals surface area contributed by atoms with Gasteiger partial charge >= 0.3 is 5.69 Å². The second kappa shape index (κ2) is 7.33. The van der Waals surface area contributed by atoms with Crippen LogP contribution in [0.15, 0.2) is 6.20 Å². The summed E-state index contributed by atoms with van der Waals surface area (Å²) in [5.41, 5.74) is 6.11. The first kappa shape index (κ1) is 19.1. The number of hydrogen-bond acceptors (Lipinski definition) is 6. The normalized spacial score (nSPS) is 12.0. The molecule has 0 fully saturated rings. The Bertz CT molecular complexity index is 868. The monoisotopic (exact) mass is 363 g/mol. The molecule has 2 aromatic rings. The molecule has 0 bridgehead atoms. The lowest BCUT2D eigenvalue weighted by Gasteiger charge is -2.12. The van der Waals surface area contributed by atoms with Crippen LogP contribution in [0.25, 0.3) is 0 Å². The quantitative estimate of drug-likeness (QED) is 0.553. The van der Waals surface area contributed by atoms with Gasteiger partial charge in [0.05, 0.1) is 23.1 Å². The van der Waals surface area contributed by atoms with E-state index in [4.69, 9.17) is 5.73 Å². The zero-order valence-corrected chi connectivity index (χ0v) is 15.0. The Labute approximate surface area is 149 Å². The number of aryl methyl sites for hydroxylation is 2. The standard InChI is InChI=1S/C15H21N7O4/c1-5-20-7-11(12(19-20)14(16)23)17-15(24)8(2)6-21-10(4)13(22(25)26)9(3)18-21/h7-8H,5-6H2,1-4H3,(H2,16,23)(H,17,24). The van der Waals surface area contributed by atoms with Gasteiger partial charge in [-0.3, -0.25) is 29.1 Å². The van der Waals surface area contributed by atoms with Gasteiger partial charge < -0.3 is 11.1 Å². The molecule has 0 saturated carbocycles. The highest BCUT2D eigenvalue weighted by molar-refractivity contribution is 6.01. The van der Waals surface area contributed by atoms with Crippen molar-refractivity contribution >= 4 is 23.2 Å². The number of nitro groups is 1. The second-order valence-corrected chi connectivity index (χ2v) is 5.96. The molecule has 11 nitrogen and oxygen atoms in total. The molecule has 3 N–H and O–H groups in total. The van der Waals surface area contributed by atoms with Crippen LogP contribution in [-0.4, -0.2) is 36.3 Å². The van der Waals surface area contributed by atoms with Crippen LogP contribution in [0.3, 0.4) is 0 Å². The number of nitrogens with two attached hydrogens (primary N) is 1. The van der Waals surface area contributed by atoms with Crippen molar-refractivity contribution in [3.8, 4) is 0 Å². The lowest BCUT2D eigenvalue weighted by Crippen LogP contribution is -2.26. The Morgan fingerprint density at radius 1 is 1.38 bits per heavy atom. The molecule has 1 atom stereocenters. The summed E-state index contributed by atoms with van der Waals surface area (Å²) in [4.78, 5) is 34.5. The predicted molar refractivity (Wildman–Crippen MR) is 92.6 cm³/mol. The molecule has 1 unspecified atom stereocenters. The van der Waals surface area contributed by atoms with Crippen LogP contribution in [-0.2, 0) is 17.9 Å². The third-order valence-corrected chi connectivity index (χ3v) is 4.00. The Morgan fingerprint density at radius 2 is 2.04 bits per heavy atom. The maximum absolute atomic E-state index is 12.5. The Balaban J connectivity index is 2.16. The summed E-state index contributed by atoms with van der Waals surface area (Å²) >= 11 is 0. The zero-order valence-electron chi connectivity index (χ0n) is 15.0. The first-order valence-electron chi connectivity index (χ1n) is 8.02. The third-order valence-electron chi connectivity index (χ3n) is 4.00. The molecule has 2 aromatic heterocycles. The Kier molecular flexibility index (Phi) is 5.38. The van der Waals surface area contributed by atoms with Gasteiger partial charge in [0.25, 0.3) is 5.91 Å². The maximum atomic E-state index is 12.5. The van der Waals surface area contributed by atoms with Crippen LogP contribution in [0.4, 0.5) is 11.4 Å². The lowest BCUT2D eigenvalue weighted by molar-refractivity contribution is -0.386. The Morgan fingerprint density at radius 3 is 2.54 bits per heavy atom. The van der Waals surface area contributed by atoms with Crippen molar-refractivity contribution in [2.24, 2.45) is 11.7 Å². The number of anilines is 1. The molecule has 26 heavy (non-hydrogen) atoms. The van der Waals surface area contributed by atoms with E-state index in [-0.39, 0.29) is 29.5 Å². The average molecular weight is 363 g/mol. The number of aromatic nitrogens is 4. The number of carbonyl (C=O) groups is 2. The van der Waals surface area contributed by atoms with Gasteiger partial charge in [0.1, 0.15) is 11.4 Å². The number of amides is 2. The largest absolute Gasteiger partial charge is 0.364 e. The molecule has 0 radical (unpaired) electrons. The van der Waals surface area contributed by atoms with Gasteiger partial charge in [-0.15, -0.1) is 0 Å². The van der Waals surface area contributed by atoms with Crippen LogP contribution in [0.1, 0.15) is 35.7 Å². The number of carbonyl (C=O) groups excluding carboxylic acids is 2. The van der Waals surface area contributed by atoms with E-state index in [2.05, 4.69) is 15.5 Å².